The van der Waals surface area contributed by atoms with E-state index in [1.807, 2.05) is 48.5 Å². The molecule has 12 nitrogen and oxygen atoms in total. The summed E-state index contributed by atoms with van der Waals surface area (Å²) in [7, 11) is 0. The molecule has 4 amide bonds. The molecule has 0 aliphatic heterocycles. The second kappa shape index (κ2) is 16.2. The molecule has 4 aromatic carbocycles. The number of hydrogen-bond acceptors (Lipinski definition) is 7. The van der Waals surface area contributed by atoms with Crippen molar-refractivity contribution in [2.75, 3.05) is 13.2 Å². The van der Waals surface area contributed by atoms with E-state index in [1.54, 1.807) is 60.7 Å². The van der Waals surface area contributed by atoms with Crippen LogP contribution in [0.15, 0.2) is 109 Å². The number of ether oxygens (including phenoxy) is 1. The van der Waals surface area contributed by atoms with Crippen LogP contribution in [0.1, 0.15) is 39.9 Å². The van der Waals surface area contributed by atoms with Crippen LogP contribution >= 0.6 is 0 Å². The third kappa shape index (κ3) is 8.58. The van der Waals surface area contributed by atoms with Gasteiger partial charge in [-0.25, -0.2) is 4.79 Å². The number of nitrogens with one attached hydrogen (secondary N) is 4. The summed E-state index contributed by atoms with van der Waals surface area (Å²) in [6, 6.07) is 28.2. The number of ketones is 1. The van der Waals surface area contributed by atoms with Crippen molar-refractivity contribution in [3.05, 3.63) is 131 Å². The highest BCUT2D eigenvalue weighted by Crippen LogP contribution is 2.44. The van der Waals surface area contributed by atoms with Crippen LogP contribution in [-0.2, 0) is 30.3 Å². The lowest BCUT2D eigenvalue weighted by Gasteiger charge is -2.28. The molecule has 1 aliphatic carbocycles. The minimum atomic E-state index is -1.68. The van der Waals surface area contributed by atoms with E-state index in [2.05, 4.69) is 21.3 Å². The Balaban J connectivity index is 1.37. The van der Waals surface area contributed by atoms with Gasteiger partial charge in [0.05, 0.1) is 12.6 Å². The largest absolute Gasteiger partial charge is 0.480 e. The van der Waals surface area contributed by atoms with Crippen molar-refractivity contribution in [2.24, 2.45) is 0 Å². The summed E-state index contributed by atoms with van der Waals surface area (Å²) in [5.74, 6) is -5.51. The van der Waals surface area contributed by atoms with E-state index in [0.717, 1.165) is 22.3 Å². The van der Waals surface area contributed by atoms with Crippen LogP contribution in [0, 0.1) is 0 Å². The monoisotopic (exact) mass is 676 g/mol. The molecule has 3 atom stereocenters. The summed E-state index contributed by atoms with van der Waals surface area (Å²) in [5.41, 5.74) is 5.00. The maximum atomic E-state index is 13.7. The molecule has 5 N–H and O–H groups in total. The Morgan fingerprint density at radius 3 is 1.88 bits per heavy atom. The van der Waals surface area contributed by atoms with Gasteiger partial charge in [0, 0.05) is 11.5 Å². The van der Waals surface area contributed by atoms with Gasteiger partial charge in [-0.05, 0) is 53.3 Å². The molecule has 0 heterocycles. The Morgan fingerprint density at radius 2 is 1.28 bits per heavy atom. The number of carboxylic acids is 1. The molecule has 12 heteroatoms. The summed E-state index contributed by atoms with van der Waals surface area (Å²) in [6.07, 6.45) is -0.934. The summed E-state index contributed by atoms with van der Waals surface area (Å²) < 4.78 is 5.72. The zero-order chi connectivity index (χ0) is 35.6. The summed E-state index contributed by atoms with van der Waals surface area (Å²) >= 11 is 0. The first-order valence-corrected chi connectivity index (χ1v) is 16.0. The van der Waals surface area contributed by atoms with E-state index in [4.69, 9.17) is 4.74 Å². The highest BCUT2D eigenvalue weighted by Gasteiger charge is 2.37. The molecule has 0 saturated heterocycles. The van der Waals surface area contributed by atoms with Gasteiger partial charge in [0.2, 0.25) is 11.7 Å². The molecule has 0 saturated carbocycles. The van der Waals surface area contributed by atoms with Crippen molar-refractivity contribution in [2.45, 2.75) is 37.4 Å². The summed E-state index contributed by atoms with van der Waals surface area (Å²) in [4.78, 5) is 77.3. The number of rotatable bonds is 14. The zero-order valence-corrected chi connectivity index (χ0v) is 27.1. The van der Waals surface area contributed by atoms with E-state index in [-0.39, 0.29) is 18.9 Å². The molecule has 50 heavy (non-hydrogen) atoms. The molecule has 0 unspecified atom stereocenters. The van der Waals surface area contributed by atoms with Crippen molar-refractivity contribution in [1.82, 2.24) is 21.3 Å². The normalized spacial score (nSPS) is 13.4. The number of aliphatic carboxylic acids is 1. The number of carbonyl (C=O) groups is 6. The lowest BCUT2D eigenvalue weighted by molar-refractivity contribution is -0.145. The maximum absolute atomic E-state index is 13.7. The number of amides is 4. The highest BCUT2D eigenvalue weighted by molar-refractivity contribution is 6.39. The van der Waals surface area contributed by atoms with Crippen molar-refractivity contribution in [1.29, 1.82) is 0 Å². The molecule has 1 aliphatic rings. The SMILES string of the molecule is C[C@H](NC(=O)C(=O)[C@@H](NC(=O)CNC(=O)c1ccccc1)[C@@H](Cc1ccccc1)NC(=O)OCC1c2ccccc2-c2ccccc21)C(=O)O. The van der Waals surface area contributed by atoms with Crippen molar-refractivity contribution in [3.8, 4) is 11.1 Å². The van der Waals surface area contributed by atoms with E-state index in [0.29, 0.717) is 11.1 Å². The molecule has 0 aromatic heterocycles. The van der Waals surface area contributed by atoms with Gasteiger partial charge < -0.3 is 31.1 Å². The number of carboxylic acid groups (broad SMARTS) is 1. The van der Waals surface area contributed by atoms with Crippen LogP contribution in [0.25, 0.3) is 11.1 Å². The summed E-state index contributed by atoms with van der Waals surface area (Å²) in [6.45, 7) is 0.579. The first-order valence-electron chi connectivity index (χ1n) is 16.0. The molecule has 0 radical (unpaired) electrons. The highest BCUT2D eigenvalue weighted by atomic mass is 16.5. The topological polar surface area (TPSA) is 180 Å². The first-order chi connectivity index (χ1) is 24.1. The molecule has 0 bridgehead atoms. The number of carbonyl (C=O) groups excluding carboxylic acids is 5. The lowest BCUT2D eigenvalue weighted by atomic mass is 9.95. The van der Waals surface area contributed by atoms with E-state index < -0.39 is 60.2 Å². The second-order valence-corrected chi connectivity index (χ2v) is 11.8. The minimum absolute atomic E-state index is 0.0279. The quantitative estimate of drug-likeness (QED) is 0.126. The van der Waals surface area contributed by atoms with Gasteiger partial charge in [0.1, 0.15) is 18.7 Å². The van der Waals surface area contributed by atoms with Crippen LogP contribution in [-0.4, -0.2) is 72.0 Å². The van der Waals surface area contributed by atoms with Crippen LogP contribution in [0.5, 0.6) is 0 Å². The average molecular weight is 677 g/mol. The Morgan fingerprint density at radius 1 is 0.720 bits per heavy atom. The predicted molar refractivity (Wildman–Crippen MR) is 183 cm³/mol. The summed E-state index contributed by atoms with van der Waals surface area (Å²) in [5, 5.41) is 19.0. The predicted octanol–water partition coefficient (Wildman–Crippen LogP) is 3.21. The van der Waals surface area contributed by atoms with E-state index in [1.165, 1.54) is 6.92 Å². The number of hydrogen-bond donors (Lipinski definition) is 5. The van der Waals surface area contributed by atoms with Gasteiger partial charge in [-0.3, -0.25) is 24.0 Å². The smallest absolute Gasteiger partial charge is 0.407 e. The van der Waals surface area contributed by atoms with Crippen LogP contribution in [0.4, 0.5) is 4.79 Å². The third-order valence-corrected chi connectivity index (χ3v) is 8.33. The molecular formula is C38H36N4O8. The van der Waals surface area contributed by atoms with E-state index in [9.17, 15) is 33.9 Å². The van der Waals surface area contributed by atoms with Gasteiger partial charge in [-0.15, -0.1) is 0 Å². The third-order valence-electron chi connectivity index (χ3n) is 8.33. The number of fused-ring (bicyclic) bond motifs is 3. The van der Waals surface area contributed by atoms with Crippen LogP contribution < -0.4 is 21.3 Å². The molecule has 256 valence electrons. The maximum Gasteiger partial charge on any atom is 0.407 e. The van der Waals surface area contributed by atoms with Gasteiger partial charge in [-0.2, -0.15) is 0 Å². The fraction of sp³-hybridized carbons (Fsp3) is 0.211. The van der Waals surface area contributed by atoms with E-state index >= 15 is 0 Å². The Kier molecular flexibility index (Phi) is 11.3. The number of benzene rings is 4. The van der Waals surface area contributed by atoms with Gasteiger partial charge in [0.15, 0.2) is 0 Å². The van der Waals surface area contributed by atoms with Crippen molar-refractivity contribution < 1.29 is 38.6 Å². The molecule has 0 spiro atoms. The van der Waals surface area contributed by atoms with Crippen LogP contribution in [0.3, 0.4) is 0 Å². The van der Waals surface area contributed by atoms with Gasteiger partial charge in [0.25, 0.3) is 11.8 Å². The first kappa shape index (κ1) is 35.0. The van der Waals surface area contributed by atoms with Gasteiger partial charge >= 0.3 is 12.1 Å². The Hall–Kier alpha value is -6.30. The minimum Gasteiger partial charge on any atom is -0.480 e. The number of alkyl carbamates (subject to hydrolysis) is 1. The standard InChI is InChI=1S/C38H36N4O8/c1-23(37(47)48)40-36(46)34(44)33(42-32(43)21-39-35(45)25-14-6-3-7-15-25)31(20-24-12-4-2-5-13-24)41-38(49)50-22-30-28-18-10-8-16-26(28)27-17-9-11-19-29(27)30/h2-19,23,30-31,33H,20-22H2,1H3,(H,39,45)(H,40,46)(H,41,49)(H,42,43)(H,47,48)/t23-,31+,33-/m0/s1. The zero-order valence-electron chi connectivity index (χ0n) is 27.1. The number of Topliss-reactive ketones (excluding diaryl/α,β-unsaturated/α-hetero) is 1. The van der Waals surface area contributed by atoms with Gasteiger partial charge in [-0.1, -0.05) is 97.1 Å². The fourth-order valence-electron chi connectivity index (χ4n) is 5.81. The Bertz CT molecular complexity index is 1840. The molecule has 5 rings (SSSR count). The lowest BCUT2D eigenvalue weighted by Crippen LogP contribution is -2.61. The molecule has 4 aromatic rings. The molecule has 0 fully saturated rings. The van der Waals surface area contributed by atoms with Crippen molar-refractivity contribution >= 4 is 35.6 Å². The second-order valence-electron chi connectivity index (χ2n) is 11.8. The molecular weight excluding hydrogens is 640 g/mol. The fourth-order valence-corrected chi connectivity index (χ4v) is 5.81. The average Bonchev–Trinajstić information content (AvgIpc) is 3.45. The van der Waals surface area contributed by atoms with Crippen molar-refractivity contribution in [3.63, 3.8) is 0 Å². The van der Waals surface area contributed by atoms with Crippen LogP contribution in [0.2, 0.25) is 0 Å². The Labute approximate surface area is 288 Å².